The van der Waals surface area contributed by atoms with E-state index >= 15 is 0 Å². The molecule has 0 saturated heterocycles. The lowest BCUT2D eigenvalue weighted by molar-refractivity contribution is -0.138. The minimum Gasteiger partial charge on any atom is -0.462 e. The van der Waals surface area contributed by atoms with Gasteiger partial charge in [0.2, 0.25) is 6.08 Å². The maximum atomic E-state index is 12.5. The van der Waals surface area contributed by atoms with Crippen LogP contribution in [0, 0.1) is 0 Å². The molecule has 13 heteroatoms. The molecule has 0 aromatic heterocycles. The van der Waals surface area contributed by atoms with Crippen LogP contribution < -0.4 is 26.6 Å². The smallest absolute Gasteiger partial charge is 0.411 e. The van der Waals surface area contributed by atoms with Crippen molar-refractivity contribution in [3.63, 3.8) is 0 Å². The Morgan fingerprint density at radius 1 is 0.685 bits per heavy atom. The number of nitrogens with one attached hydrogen (secondary N) is 5. The second-order valence-electron chi connectivity index (χ2n) is 13.1. The number of carbonyl (C=O) groups excluding carboxylic acids is 3. The molecule has 4 aromatic carbocycles. The largest absolute Gasteiger partial charge is 0.462 e. The lowest BCUT2D eigenvalue weighted by Gasteiger charge is -2.20. The van der Waals surface area contributed by atoms with Crippen LogP contribution in [0.25, 0.3) is 11.1 Å². The third kappa shape index (κ3) is 9.95. The highest BCUT2D eigenvalue weighted by Crippen LogP contribution is 2.39. The minimum atomic E-state index is -0.522. The number of carbonyl (C=O) groups is 2. The van der Waals surface area contributed by atoms with Crippen molar-refractivity contribution in [1.29, 1.82) is 0 Å². The average molecular weight is 761 g/mol. The first-order valence-corrected chi connectivity index (χ1v) is 18.4. The van der Waals surface area contributed by atoms with Crippen molar-refractivity contribution < 1.29 is 23.9 Å². The molecule has 2 aliphatic rings. The van der Waals surface area contributed by atoms with Gasteiger partial charge in [-0.2, -0.15) is 4.99 Å². The summed E-state index contributed by atoms with van der Waals surface area (Å²) in [6.45, 7) is 6.81. The lowest BCUT2D eigenvalue weighted by atomic mass is 9.85. The summed E-state index contributed by atoms with van der Waals surface area (Å²) in [6, 6.07) is 24.0. The highest BCUT2D eigenvalue weighted by molar-refractivity contribution is 7.80. The number of ether oxygens (including phenoxy) is 2. The van der Waals surface area contributed by atoms with Gasteiger partial charge in [-0.1, -0.05) is 30.8 Å². The topological polar surface area (TPSA) is 142 Å². The maximum Gasteiger partial charge on any atom is 0.411 e. The zero-order chi connectivity index (χ0) is 38.0. The summed E-state index contributed by atoms with van der Waals surface area (Å²) in [5.41, 5.74) is 12.8. The molecular weight excluding hydrogens is 721 g/mol. The minimum absolute atomic E-state index is 0.224. The normalized spacial score (nSPS) is 11.6. The Morgan fingerprint density at radius 3 is 1.80 bits per heavy atom. The number of benzene rings is 4. The van der Waals surface area contributed by atoms with Crippen LogP contribution in [-0.4, -0.2) is 54.7 Å². The molecule has 1 amide bonds. The molecule has 0 aliphatic heterocycles. The van der Waals surface area contributed by atoms with Crippen LogP contribution in [0.5, 0.6) is 0 Å². The monoisotopic (exact) mass is 760 g/mol. The Morgan fingerprint density at radius 2 is 1.19 bits per heavy atom. The van der Waals surface area contributed by atoms with E-state index in [1.165, 1.54) is 33.4 Å². The maximum absolute atomic E-state index is 12.5. The highest BCUT2D eigenvalue weighted by Gasteiger charge is 2.20. The Labute approximate surface area is 324 Å². The van der Waals surface area contributed by atoms with Crippen molar-refractivity contribution in [3.05, 3.63) is 118 Å². The summed E-state index contributed by atoms with van der Waals surface area (Å²) in [7, 11) is 0. The van der Waals surface area contributed by atoms with E-state index in [1.54, 1.807) is 13.0 Å². The van der Waals surface area contributed by atoms with E-state index < -0.39 is 6.09 Å². The molecule has 11 nitrogen and oxygen atoms in total. The first-order valence-electron chi connectivity index (χ1n) is 17.6. The third-order valence-electron chi connectivity index (χ3n) is 9.00. The molecule has 4 aromatic rings. The van der Waals surface area contributed by atoms with Crippen LogP contribution in [0.2, 0.25) is 0 Å². The first kappa shape index (κ1) is 37.9. The van der Waals surface area contributed by atoms with Crippen LogP contribution >= 0.6 is 24.4 Å². The standard InChI is InChI=1S/C41H40N6O5S2/c1-25(2)38(49)51-15-3-13-42-39(53)45-33-9-11-36-30(22-33)19-31-23-34(10-12-37(31)36)46-40(54)43-14-4-16-52-41(50)47-35-8-6-27-17-26-5-7-32(44-24-48)20-28(26)18-29(27)21-35/h5-12,20-23H,1,3-4,13-19H2,2H3,(H,47,50)(H2,42,45,53)(H2,43,46,54). The molecule has 0 fully saturated rings. The van der Waals surface area contributed by atoms with E-state index in [0.717, 1.165) is 35.3 Å². The van der Waals surface area contributed by atoms with Gasteiger partial charge >= 0.3 is 12.1 Å². The summed E-state index contributed by atoms with van der Waals surface area (Å²) >= 11 is 11.0. The fourth-order valence-corrected chi connectivity index (χ4v) is 6.83. The van der Waals surface area contributed by atoms with Gasteiger partial charge in [0.1, 0.15) is 0 Å². The molecule has 0 atom stereocenters. The second-order valence-corrected chi connectivity index (χ2v) is 13.9. The van der Waals surface area contributed by atoms with Crippen molar-refractivity contribution in [1.82, 2.24) is 10.6 Å². The van der Waals surface area contributed by atoms with Gasteiger partial charge in [0.25, 0.3) is 0 Å². The zero-order valence-electron chi connectivity index (χ0n) is 29.8. The SMILES string of the molecule is C=C(C)C(=O)OCCCNC(=S)Nc1ccc2c(c1)Cc1cc(NC(=S)NCCCOC(=O)Nc3ccc4c(c3)Cc3cc(N=C=O)ccc3C4)ccc1-2. The number of anilines is 3. The number of hydrogen-bond donors (Lipinski definition) is 5. The molecule has 6 rings (SSSR count). The molecule has 0 unspecified atom stereocenters. The number of isocyanates is 1. The predicted molar refractivity (Wildman–Crippen MR) is 219 cm³/mol. The van der Waals surface area contributed by atoms with Crippen molar-refractivity contribution in [2.45, 2.75) is 39.0 Å². The van der Waals surface area contributed by atoms with Crippen LogP contribution in [-0.2, 0) is 38.3 Å². The average Bonchev–Trinajstić information content (AvgIpc) is 3.50. The molecule has 0 heterocycles. The summed E-state index contributed by atoms with van der Waals surface area (Å²) in [6.07, 6.45) is 4.51. The Kier molecular flexibility index (Phi) is 12.5. The number of nitrogens with zero attached hydrogens (tertiary/aromatic N) is 1. The van der Waals surface area contributed by atoms with Gasteiger partial charge < -0.3 is 30.7 Å². The molecule has 0 saturated carbocycles. The molecule has 54 heavy (non-hydrogen) atoms. The van der Waals surface area contributed by atoms with E-state index in [4.69, 9.17) is 33.9 Å². The van der Waals surface area contributed by atoms with Gasteiger partial charge in [-0.25, -0.2) is 14.4 Å². The highest BCUT2D eigenvalue weighted by atomic mass is 32.1. The summed E-state index contributed by atoms with van der Waals surface area (Å²) in [5, 5.41) is 16.6. The quantitative estimate of drug-likeness (QED) is 0.0200. The Hall–Kier alpha value is -5.88. The molecule has 0 radical (unpaired) electrons. The predicted octanol–water partition coefficient (Wildman–Crippen LogP) is 7.44. The van der Waals surface area contributed by atoms with Crippen molar-refractivity contribution in [2.75, 3.05) is 42.3 Å². The number of esters is 1. The summed E-state index contributed by atoms with van der Waals surface area (Å²) in [5.74, 6) is -0.389. The molecule has 0 spiro atoms. The number of aliphatic imine (C=N–C) groups is 1. The van der Waals surface area contributed by atoms with Crippen LogP contribution in [0.4, 0.5) is 27.5 Å². The van der Waals surface area contributed by atoms with Crippen LogP contribution in [0.15, 0.2) is 89.9 Å². The number of rotatable bonds is 13. The Balaban J connectivity index is 0.886. The van der Waals surface area contributed by atoms with Gasteiger partial charge in [-0.3, -0.25) is 5.32 Å². The fraction of sp³-hybridized carbons (Fsp3) is 0.244. The van der Waals surface area contributed by atoms with Gasteiger partial charge in [-0.15, -0.1) is 0 Å². The molecule has 5 N–H and O–H groups in total. The molecule has 276 valence electrons. The van der Waals surface area contributed by atoms with Crippen molar-refractivity contribution in [3.8, 4) is 11.1 Å². The van der Waals surface area contributed by atoms with E-state index in [-0.39, 0.29) is 12.6 Å². The van der Waals surface area contributed by atoms with Crippen molar-refractivity contribution >= 4 is 75.6 Å². The van der Waals surface area contributed by atoms with E-state index in [2.05, 4.69) is 62.4 Å². The Bertz CT molecular complexity index is 2180. The fourth-order valence-electron chi connectivity index (χ4n) is 6.39. The van der Waals surface area contributed by atoms with Crippen LogP contribution in [0.3, 0.4) is 0 Å². The molecular formula is C41H40N6O5S2. The first-order chi connectivity index (χ1) is 26.1. The number of thiocarbonyl (C=S) groups is 2. The number of fused-ring (bicyclic) bond motifs is 5. The van der Waals surface area contributed by atoms with Crippen LogP contribution in [0.1, 0.15) is 53.1 Å². The molecule has 0 bridgehead atoms. The molecule has 2 aliphatic carbocycles. The van der Waals surface area contributed by atoms with Gasteiger partial charge in [-0.05, 0) is 157 Å². The number of amides is 1. The summed E-state index contributed by atoms with van der Waals surface area (Å²) in [4.78, 5) is 38.4. The van der Waals surface area contributed by atoms with Gasteiger partial charge in [0, 0.05) is 35.7 Å². The van der Waals surface area contributed by atoms with Gasteiger partial charge in [0.05, 0.1) is 18.9 Å². The third-order valence-corrected chi connectivity index (χ3v) is 9.50. The number of hydrogen-bond acceptors (Lipinski definition) is 8. The van der Waals surface area contributed by atoms with Gasteiger partial charge in [0.15, 0.2) is 10.2 Å². The second kappa shape index (κ2) is 17.8. The summed E-state index contributed by atoms with van der Waals surface area (Å²) < 4.78 is 10.5. The van der Waals surface area contributed by atoms with E-state index in [0.29, 0.717) is 66.1 Å². The lowest BCUT2D eigenvalue weighted by Crippen LogP contribution is -2.30. The van der Waals surface area contributed by atoms with Crippen molar-refractivity contribution in [2.24, 2.45) is 4.99 Å². The van der Waals surface area contributed by atoms with E-state index in [9.17, 15) is 14.4 Å². The zero-order valence-corrected chi connectivity index (χ0v) is 31.4. The van der Waals surface area contributed by atoms with E-state index in [1.807, 2.05) is 48.5 Å².